The van der Waals surface area contributed by atoms with Crippen molar-refractivity contribution in [2.24, 2.45) is 5.73 Å². The van der Waals surface area contributed by atoms with E-state index in [-0.39, 0.29) is 17.0 Å². The number of aryl methyl sites for hydroxylation is 1. The van der Waals surface area contributed by atoms with Crippen LogP contribution in [0.15, 0.2) is 45.9 Å². The molecule has 2 rings (SSSR count). The quantitative estimate of drug-likeness (QED) is 0.706. The largest absolute Gasteiger partial charge is 0.468 e. The molecule has 9 heteroatoms. The summed E-state index contributed by atoms with van der Waals surface area (Å²) in [6, 6.07) is 7.31. The Hall–Kier alpha value is -2.65. The minimum absolute atomic E-state index is 0.0261. The predicted molar refractivity (Wildman–Crippen MR) is 88.0 cm³/mol. The summed E-state index contributed by atoms with van der Waals surface area (Å²) in [5, 5.41) is 0. The van der Waals surface area contributed by atoms with E-state index in [9.17, 15) is 18.0 Å². The van der Waals surface area contributed by atoms with E-state index < -0.39 is 28.0 Å². The number of primary amides is 1. The van der Waals surface area contributed by atoms with Crippen molar-refractivity contribution in [3.05, 3.63) is 53.5 Å². The van der Waals surface area contributed by atoms with Crippen LogP contribution in [0.1, 0.15) is 28.6 Å². The molecule has 2 aromatic rings. The van der Waals surface area contributed by atoms with Crippen LogP contribution in [0.3, 0.4) is 0 Å². The summed E-state index contributed by atoms with van der Waals surface area (Å²) in [4.78, 5) is 23.0. The molecule has 1 heterocycles. The van der Waals surface area contributed by atoms with Crippen molar-refractivity contribution < 1.29 is 27.2 Å². The van der Waals surface area contributed by atoms with Crippen molar-refractivity contribution in [1.29, 1.82) is 0 Å². The molecule has 8 nitrogen and oxygen atoms in total. The Labute approximate surface area is 145 Å². The number of furan rings is 1. The summed E-state index contributed by atoms with van der Waals surface area (Å²) in [5.74, 6) is -1.17. The first-order valence-corrected chi connectivity index (χ1v) is 8.82. The third-order valence-electron chi connectivity index (χ3n) is 3.44. The normalized spacial score (nSPS) is 12.6. The van der Waals surface area contributed by atoms with Gasteiger partial charge in [0.25, 0.3) is 5.91 Å². The molecule has 0 saturated heterocycles. The molecule has 0 aliphatic heterocycles. The molecule has 0 saturated carbocycles. The first kappa shape index (κ1) is 18.7. The van der Waals surface area contributed by atoms with E-state index in [1.807, 2.05) is 0 Å². The third kappa shape index (κ3) is 4.68. The number of hydrogen-bond acceptors (Lipinski definition) is 6. The van der Waals surface area contributed by atoms with Gasteiger partial charge in [-0.3, -0.25) is 4.79 Å². The lowest BCUT2D eigenvalue weighted by atomic mass is 10.1. The number of sulfonamides is 1. The van der Waals surface area contributed by atoms with E-state index in [1.165, 1.54) is 31.4 Å². The number of benzene rings is 1. The molecule has 1 aromatic carbocycles. The molecule has 134 valence electrons. The Morgan fingerprint density at radius 2 is 2.04 bits per heavy atom. The monoisotopic (exact) mass is 366 g/mol. The van der Waals surface area contributed by atoms with Crippen LogP contribution in [0, 0.1) is 6.92 Å². The number of carbonyl (C=O) groups excluding carboxylic acids is 2. The van der Waals surface area contributed by atoms with E-state index in [2.05, 4.69) is 4.72 Å². The minimum Gasteiger partial charge on any atom is -0.468 e. The van der Waals surface area contributed by atoms with Gasteiger partial charge in [-0.05, 0) is 43.7 Å². The predicted octanol–water partition coefficient (Wildman–Crippen LogP) is 1.10. The molecule has 1 amide bonds. The number of carbonyl (C=O) groups is 2. The highest BCUT2D eigenvalue weighted by molar-refractivity contribution is 7.89. The molecule has 0 bridgehead atoms. The zero-order valence-corrected chi connectivity index (χ0v) is 14.5. The zero-order chi connectivity index (χ0) is 18.6. The Morgan fingerprint density at radius 1 is 1.32 bits per heavy atom. The topological polar surface area (TPSA) is 129 Å². The molecule has 0 radical (unpaired) electrons. The Balaban J connectivity index is 2.22. The molecule has 25 heavy (non-hydrogen) atoms. The van der Waals surface area contributed by atoms with E-state index >= 15 is 0 Å². The first-order valence-electron chi connectivity index (χ1n) is 7.33. The van der Waals surface area contributed by atoms with Gasteiger partial charge < -0.3 is 14.9 Å². The number of esters is 1. The highest BCUT2D eigenvalue weighted by atomic mass is 32.2. The van der Waals surface area contributed by atoms with Gasteiger partial charge in [0.1, 0.15) is 5.76 Å². The van der Waals surface area contributed by atoms with E-state index in [0.29, 0.717) is 11.3 Å². The Bertz CT molecular complexity index is 874. The van der Waals surface area contributed by atoms with Crippen molar-refractivity contribution >= 4 is 21.9 Å². The maximum atomic E-state index is 12.4. The molecule has 0 fully saturated rings. The van der Waals surface area contributed by atoms with E-state index in [4.69, 9.17) is 14.9 Å². The highest BCUT2D eigenvalue weighted by Gasteiger charge is 2.21. The second-order valence-corrected chi connectivity index (χ2v) is 7.10. The van der Waals surface area contributed by atoms with Crippen LogP contribution < -0.4 is 10.5 Å². The summed E-state index contributed by atoms with van der Waals surface area (Å²) >= 11 is 0. The summed E-state index contributed by atoms with van der Waals surface area (Å²) in [7, 11) is -3.86. The average Bonchev–Trinajstić information content (AvgIpc) is 3.06. The fraction of sp³-hybridized carbons (Fsp3) is 0.250. The lowest BCUT2D eigenvalue weighted by Gasteiger charge is -2.12. The summed E-state index contributed by atoms with van der Waals surface area (Å²) in [5.41, 5.74) is 5.60. The van der Waals surface area contributed by atoms with E-state index in [1.54, 1.807) is 19.1 Å². The molecule has 0 spiro atoms. The second kappa shape index (κ2) is 7.49. The van der Waals surface area contributed by atoms with Crippen LogP contribution >= 0.6 is 0 Å². The molecule has 0 aliphatic carbocycles. The number of nitrogens with two attached hydrogens (primary N) is 1. The molecule has 1 unspecified atom stereocenters. The van der Waals surface area contributed by atoms with Gasteiger partial charge in [-0.15, -0.1) is 0 Å². The first-order chi connectivity index (χ1) is 11.7. The van der Waals surface area contributed by atoms with Crippen LogP contribution in [0.2, 0.25) is 0 Å². The van der Waals surface area contributed by atoms with Gasteiger partial charge in [0.15, 0.2) is 6.10 Å². The maximum Gasteiger partial charge on any atom is 0.339 e. The fourth-order valence-electron chi connectivity index (χ4n) is 1.93. The van der Waals surface area contributed by atoms with Gasteiger partial charge in [0, 0.05) is 0 Å². The van der Waals surface area contributed by atoms with Crippen molar-refractivity contribution in [3.8, 4) is 0 Å². The SMILES string of the molecule is Cc1ccc(S(=O)(=O)NCc2ccco2)cc1C(=O)OC(C)C(N)=O. The number of amides is 1. The smallest absolute Gasteiger partial charge is 0.339 e. The van der Waals surface area contributed by atoms with Gasteiger partial charge in [0.2, 0.25) is 10.0 Å². The van der Waals surface area contributed by atoms with Crippen LogP contribution in [-0.2, 0) is 26.1 Å². The molecule has 0 aliphatic rings. The summed E-state index contributed by atoms with van der Waals surface area (Å²) in [6.45, 7) is 2.93. The Kier molecular flexibility index (Phi) is 5.60. The summed E-state index contributed by atoms with van der Waals surface area (Å²) < 4.78 is 37.1. The minimum atomic E-state index is -3.86. The van der Waals surface area contributed by atoms with Crippen molar-refractivity contribution in [3.63, 3.8) is 0 Å². The van der Waals surface area contributed by atoms with Crippen LogP contribution in [-0.4, -0.2) is 26.4 Å². The molecular formula is C16H18N2O6S. The number of hydrogen-bond donors (Lipinski definition) is 2. The second-order valence-electron chi connectivity index (χ2n) is 5.33. The maximum absolute atomic E-state index is 12.4. The van der Waals surface area contributed by atoms with Gasteiger partial charge in [-0.2, -0.15) is 0 Å². The number of ether oxygens (including phenoxy) is 1. The molecule has 3 N–H and O–H groups in total. The van der Waals surface area contributed by atoms with Crippen molar-refractivity contribution in [2.75, 3.05) is 0 Å². The van der Waals surface area contributed by atoms with E-state index in [0.717, 1.165) is 0 Å². The van der Waals surface area contributed by atoms with Gasteiger partial charge >= 0.3 is 5.97 Å². The van der Waals surface area contributed by atoms with Crippen molar-refractivity contribution in [2.45, 2.75) is 31.4 Å². The van der Waals surface area contributed by atoms with Gasteiger partial charge in [-0.25, -0.2) is 17.9 Å². The van der Waals surface area contributed by atoms with Crippen LogP contribution in [0.25, 0.3) is 0 Å². The third-order valence-corrected chi connectivity index (χ3v) is 4.84. The number of rotatable bonds is 7. The molecule has 1 aromatic heterocycles. The lowest BCUT2D eigenvalue weighted by Crippen LogP contribution is -2.30. The molecular weight excluding hydrogens is 348 g/mol. The van der Waals surface area contributed by atoms with Crippen LogP contribution in [0.5, 0.6) is 0 Å². The van der Waals surface area contributed by atoms with Gasteiger partial charge in [0.05, 0.1) is 23.3 Å². The van der Waals surface area contributed by atoms with Gasteiger partial charge in [-0.1, -0.05) is 6.07 Å². The lowest BCUT2D eigenvalue weighted by molar-refractivity contribution is -0.125. The fourth-order valence-corrected chi connectivity index (χ4v) is 2.95. The number of nitrogens with one attached hydrogen (secondary N) is 1. The van der Waals surface area contributed by atoms with Crippen molar-refractivity contribution in [1.82, 2.24) is 4.72 Å². The Morgan fingerprint density at radius 3 is 2.64 bits per heavy atom. The standard InChI is InChI=1S/C16H18N2O6S/c1-10-5-6-13(8-14(10)16(20)24-11(2)15(17)19)25(21,22)18-9-12-4-3-7-23-12/h3-8,11,18H,9H2,1-2H3,(H2,17,19). The zero-order valence-electron chi connectivity index (χ0n) is 13.7. The molecule has 1 atom stereocenters. The summed E-state index contributed by atoms with van der Waals surface area (Å²) in [6.07, 6.45) is 0.313. The van der Waals surface area contributed by atoms with Crippen LogP contribution in [0.4, 0.5) is 0 Å². The highest BCUT2D eigenvalue weighted by Crippen LogP contribution is 2.18. The average molecular weight is 366 g/mol.